The van der Waals surface area contributed by atoms with Gasteiger partial charge in [0.1, 0.15) is 0 Å². The summed E-state index contributed by atoms with van der Waals surface area (Å²) < 4.78 is 6.61. The van der Waals surface area contributed by atoms with Gasteiger partial charge in [0, 0.05) is 6.42 Å². The van der Waals surface area contributed by atoms with E-state index >= 15 is 0 Å². The Morgan fingerprint density at radius 1 is 1.05 bits per heavy atom. The normalized spacial score (nSPS) is 39.0. The lowest BCUT2D eigenvalue weighted by atomic mass is 9.49. The van der Waals surface area contributed by atoms with Crippen LogP contribution < -0.4 is 0 Å². The first-order valence-corrected chi connectivity index (χ1v) is 8.34. The third kappa shape index (κ3) is 2.88. The third-order valence-electron chi connectivity index (χ3n) is 5.68. The molecule has 0 N–H and O–H groups in total. The van der Waals surface area contributed by atoms with Crippen LogP contribution in [0.4, 0.5) is 0 Å². The van der Waals surface area contributed by atoms with Crippen molar-refractivity contribution in [3.05, 3.63) is 0 Å². The quantitative estimate of drug-likeness (QED) is 0.440. The van der Waals surface area contributed by atoms with Crippen molar-refractivity contribution in [2.75, 3.05) is 34.3 Å². The number of ether oxygens (including phenoxy) is 1. The van der Waals surface area contributed by atoms with Crippen molar-refractivity contribution >= 4 is 5.97 Å². The highest BCUT2D eigenvalue weighted by Crippen LogP contribution is 2.60. The van der Waals surface area contributed by atoms with E-state index in [4.69, 9.17) is 4.74 Å². The number of nitrogens with zero attached hydrogens (tertiary/aromatic N) is 1. The SMILES string of the molecule is C[N+](C)(C)CCCOC(=O)C12CC3CC(CC(C3)C1)C2. The average molecular weight is 280 g/mol. The van der Waals surface area contributed by atoms with Crippen molar-refractivity contribution in [1.82, 2.24) is 0 Å². The minimum absolute atomic E-state index is 0.0780. The lowest BCUT2D eigenvalue weighted by molar-refractivity contribution is -0.870. The van der Waals surface area contributed by atoms with Crippen LogP contribution in [-0.4, -0.2) is 44.7 Å². The van der Waals surface area contributed by atoms with E-state index in [1.54, 1.807) is 0 Å². The molecule has 4 saturated carbocycles. The van der Waals surface area contributed by atoms with Crippen LogP contribution in [0, 0.1) is 23.2 Å². The molecular formula is C17H30NO2+. The van der Waals surface area contributed by atoms with Gasteiger partial charge in [0.2, 0.25) is 0 Å². The Bertz CT molecular complexity index is 348. The fourth-order valence-electron chi connectivity index (χ4n) is 5.22. The van der Waals surface area contributed by atoms with Crippen molar-refractivity contribution < 1.29 is 14.0 Å². The molecule has 4 fully saturated rings. The lowest BCUT2D eigenvalue weighted by Crippen LogP contribution is -2.50. The van der Waals surface area contributed by atoms with Crippen molar-refractivity contribution in [1.29, 1.82) is 0 Å². The number of rotatable bonds is 5. The summed E-state index contributed by atoms with van der Waals surface area (Å²) in [4.78, 5) is 12.6. The van der Waals surface area contributed by atoms with Gasteiger partial charge in [0.15, 0.2) is 0 Å². The van der Waals surface area contributed by atoms with E-state index in [0.717, 1.165) is 54.5 Å². The van der Waals surface area contributed by atoms with Gasteiger partial charge >= 0.3 is 5.97 Å². The molecule has 0 spiro atoms. The summed E-state index contributed by atoms with van der Waals surface area (Å²) in [7, 11) is 6.54. The topological polar surface area (TPSA) is 26.3 Å². The molecule has 0 aromatic rings. The van der Waals surface area contributed by atoms with E-state index in [-0.39, 0.29) is 11.4 Å². The summed E-state index contributed by atoms with van der Waals surface area (Å²) in [5, 5.41) is 0. The summed E-state index contributed by atoms with van der Waals surface area (Å²) in [6.07, 6.45) is 8.48. The molecule has 114 valence electrons. The molecule has 4 rings (SSSR count). The molecule has 4 bridgehead atoms. The predicted molar refractivity (Wildman–Crippen MR) is 79.1 cm³/mol. The molecule has 0 saturated heterocycles. The number of carbonyl (C=O) groups excluding carboxylic acids is 1. The maximum atomic E-state index is 12.6. The van der Waals surface area contributed by atoms with E-state index in [1.165, 1.54) is 19.3 Å². The van der Waals surface area contributed by atoms with Crippen molar-refractivity contribution in [3.63, 3.8) is 0 Å². The molecule has 0 aliphatic heterocycles. The Morgan fingerprint density at radius 2 is 1.55 bits per heavy atom. The Hall–Kier alpha value is -0.570. The van der Waals surface area contributed by atoms with Gasteiger partial charge in [-0.1, -0.05) is 0 Å². The molecule has 0 aromatic heterocycles. The number of esters is 1. The van der Waals surface area contributed by atoms with Crippen LogP contribution in [0.3, 0.4) is 0 Å². The highest BCUT2D eigenvalue weighted by Gasteiger charge is 2.55. The first-order valence-electron chi connectivity index (χ1n) is 8.34. The highest BCUT2D eigenvalue weighted by atomic mass is 16.5. The lowest BCUT2D eigenvalue weighted by Gasteiger charge is -2.55. The van der Waals surface area contributed by atoms with E-state index in [9.17, 15) is 4.79 Å². The fraction of sp³-hybridized carbons (Fsp3) is 0.941. The molecule has 0 atom stereocenters. The molecule has 3 heteroatoms. The van der Waals surface area contributed by atoms with Crippen LogP contribution in [0.5, 0.6) is 0 Å². The monoisotopic (exact) mass is 280 g/mol. The second kappa shape index (κ2) is 5.01. The van der Waals surface area contributed by atoms with Gasteiger partial charge in [0.05, 0.1) is 39.7 Å². The van der Waals surface area contributed by atoms with Crippen LogP contribution in [0.25, 0.3) is 0 Å². The first-order chi connectivity index (χ1) is 9.36. The molecule has 0 aromatic carbocycles. The Kier molecular flexibility index (Phi) is 3.60. The molecule has 4 aliphatic rings. The molecular weight excluding hydrogens is 250 g/mol. The van der Waals surface area contributed by atoms with Crippen LogP contribution in [0.15, 0.2) is 0 Å². The van der Waals surface area contributed by atoms with Crippen LogP contribution in [-0.2, 0) is 9.53 Å². The Balaban J connectivity index is 1.52. The molecule has 0 amide bonds. The van der Waals surface area contributed by atoms with Crippen molar-refractivity contribution in [2.45, 2.75) is 44.9 Å². The minimum Gasteiger partial charge on any atom is -0.465 e. The molecule has 0 heterocycles. The van der Waals surface area contributed by atoms with Gasteiger partial charge in [-0.05, 0) is 56.3 Å². The van der Waals surface area contributed by atoms with Gasteiger partial charge in [-0.2, -0.15) is 0 Å². The molecule has 0 radical (unpaired) electrons. The van der Waals surface area contributed by atoms with Gasteiger partial charge < -0.3 is 9.22 Å². The van der Waals surface area contributed by atoms with Gasteiger partial charge in [0.25, 0.3) is 0 Å². The maximum Gasteiger partial charge on any atom is 0.312 e. The summed E-state index contributed by atoms with van der Waals surface area (Å²) in [6, 6.07) is 0. The number of hydrogen-bond acceptors (Lipinski definition) is 2. The number of quaternary nitrogens is 1. The summed E-state index contributed by atoms with van der Waals surface area (Å²) >= 11 is 0. The van der Waals surface area contributed by atoms with E-state index in [1.807, 2.05) is 0 Å². The van der Waals surface area contributed by atoms with Crippen LogP contribution >= 0.6 is 0 Å². The fourth-order valence-corrected chi connectivity index (χ4v) is 5.22. The molecule has 3 nitrogen and oxygen atoms in total. The maximum absolute atomic E-state index is 12.6. The van der Waals surface area contributed by atoms with Gasteiger partial charge in [-0.3, -0.25) is 4.79 Å². The zero-order valence-corrected chi connectivity index (χ0v) is 13.4. The van der Waals surface area contributed by atoms with Gasteiger partial charge in [-0.25, -0.2) is 0 Å². The zero-order chi connectivity index (χ0) is 14.4. The second-order valence-electron chi connectivity index (χ2n) is 8.70. The van der Waals surface area contributed by atoms with Crippen molar-refractivity contribution in [2.24, 2.45) is 23.2 Å². The molecule has 20 heavy (non-hydrogen) atoms. The summed E-state index contributed by atoms with van der Waals surface area (Å²) in [5.74, 6) is 2.60. The number of carbonyl (C=O) groups is 1. The number of hydrogen-bond donors (Lipinski definition) is 0. The predicted octanol–water partition coefficient (Wildman–Crippen LogP) is 2.84. The van der Waals surface area contributed by atoms with E-state index in [0.29, 0.717) is 6.61 Å². The van der Waals surface area contributed by atoms with E-state index in [2.05, 4.69) is 21.1 Å². The highest BCUT2D eigenvalue weighted by molar-refractivity contribution is 5.77. The second-order valence-corrected chi connectivity index (χ2v) is 8.70. The first kappa shape index (κ1) is 14.4. The van der Waals surface area contributed by atoms with Crippen molar-refractivity contribution in [3.8, 4) is 0 Å². The summed E-state index contributed by atoms with van der Waals surface area (Å²) in [6.45, 7) is 1.67. The molecule has 0 unspecified atom stereocenters. The zero-order valence-electron chi connectivity index (χ0n) is 13.4. The van der Waals surface area contributed by atoms with Crippen LogP contribution in [0.2, 0.25) is 0 Å². The molecule has 4 aliphatic carbocycles. The standard InChI is InChI=1S/C17H30NO2/c1-18(2,3)5-4-6-20-16(19)17-10-13-7-14(11-17)9-15(8-13)12-17/h13-15H,4-12H2,1-3H3/q+1. The van der Waals surface area contributed by atoms with Crippen LogP contribution in [0.1, 0.15) is 44.9 Å². The summed E-state index contributed by atoms with van der Waals surface area (Å²) in [5.41, 5.74) is -0.0780. The Labute approximate surface area is 123 Å². The average Bonchev–Trinajstić information content (AvgIpc) is 2.31. The van der Waals surface area contributed by atoms with Gasteiger partial charge in [-0.15, -0.1) is 0 Å². The Morgan fingerprint density at radius 3 is 2.00 bits per heavy atom. The van der Waals surface area contributed by atoms with E-state index < -0.39 is 0 Å². The third-order valence-corrected chi connectivity index (χ3v) is 5.68. The largest absolute Gasteiger partial charge is 0.465 e. The smallest absolute Gasteiger partial charge is 0.312 e. The minimum atomic E-state index is -0.0780.